The zero-order valence-electron chi connectivity index (χ0n) is 19.0. The Morgan fingerprint density at radius 1 is 1.06 bits per heavy atom. The molecule has 3 rings (SSSR count). The van der Waals surface area contributed by atoms with Crippen LogP contribution in [-0.2, 0) is 17.8 Å². The molecule has 1 N–H and O–H groups in total. The average Bonchev–Trinajstić information content (AvgIpc) is 3.19. The molecule has 0 aliphatic carbocycles. The van der Waals surface area contributed by atoms with Gasteiger partial charge in [0.15, 0.2) is 5.16 Å². The van der Waals surface area contributed by atoms with Crippen LogP contribution in [0, 0.1) is 0 Å². The summed E-state index contributed by atoms with van der Waals surface area (Å²) in [5, 5.41) is 11.4. The molecule has 3 aromatic rings. The van der Waals surface area contributed by atoms with Crippen LogP contribution in [0.3, 0.4) is 0 Å². The molecule has 0 fully saturated rings. The summed E-state index contributed by atoms with van der Waals surface area (Å²) >= 11 is 8.16. The number of hydrogen-bond donors (Lipinski definition) is 1. The second-order valence-electron chi connectivity index (χ2n) is 8.04. The second kappa shape index (κ2) is 13.3. The lowest BCUT2D eigenvalue weighted by Gasteiger charge is -2.12. The van der Waals surface area contributed by atoms with E-state index in [1.807, 2.05) is 54.6 Å². The largest absolute Gasteiger partial charge is 0.478 e. The zero-order chi connectivity index (χ0) is 23.5. The van der Waals surface area contributed by atoms with Crippen LogP contribution in [0.2, 0.25) is 5.02 Å². The van der Waals surface area contributed by atoms with Gasteiger partial charge < -0.3 is 9.67 Å². The lowest BCUT2D eigenvalue weighted by atomic mass is 10.0. The first kappa shape index (κ1) is 25.1. The van der Waals surface area contributed by atoms with Crippen molar-refractivity contribution >= 4 is 35.4 Å². The number of imidazole rings is 1. The molecule has 6 heteroatoms. The van der Waals surface area contributed by atoms with Crippen LogP contribution >= 0.6 is 23.4 Å². The van der Waals surface area contributed by atoms with E-state index in [1.54, 1.807) is 24.0 Å². The molecule has 0 atom stereocenters. The van der Waals surface area contributed by atoms with E-state index >= 15 is 0 Å². The quantitative estimate of drug-likeness (QED) is 0.157. The molecule has 4 nitrogen and oxygen atoms in total. The highest BCUT2D eigenvalue weighted by Crippen LogP contribution is 2.26. The number of benzene rings is 2. The topological polar surface area (TPSA) is 55.1 Å². The lowest BCUT2D eigenvalue weighted by molar-refractivity contribution is -0.132. The predicted octanol–water partition coefficient (Wildman–Crippen LogP) is 7.36. The number of thioether (sulfide) groups is 1. The van der Waals surface area contributed by atoms with Crippen molar-refractivity contribution in [3.63, 3.8) is 0 Å². The molecule has 0 unspecified atom stereocenters. The third-order valence-corrected chi connectivity index (χ3v) is 6.89. The second-order valence-corrected chi connectivity index (χ2v) is 9.51. The SMILES string of the molecule is CCCCCCCSc1ncc(/C=C(\Cc2ccccc2)C(=O)O)n1Cc1ccccc1Cl. The molecule has 0 aliphatic rings. The fourth-order valence-corrected chi connectivity index (χ4v) is 4.79. The van der Waals surface area contributed by atoms with Gasteiger partial charge >= 0.3 is 5.97 Å². The number of halogens is 1. The number of nitrogens with zero attached hydrogens (tertiary/aromatic N) is 2. The Morgan fingerprint density at radius 2 is 1.79 bits per heavy atom. The first-order valence-corrected chi connectivity index (χ1v) is 12.8. The van der Waals surface area contributed by atoms with Crippen molar-refractivity contribution in [3.8, 4) is 0 Å². The third kappa shape index (κ3) is 7.79. The van der Waals surface area contributed by atoms with Gasteiger partial charge in [0.25, 0.3) is 0 Å². The summed E-state index contributed by atoms with van der Waals surface area (Å²) in [6, 6.07) is 17.4. The zero-order valence-corrected chi connectivity index (χ0v) is 20.6. The van der Waals surface area contributed by atoms with Crippen LogP contribution in [0.15, 0.2) is 71.5 Å². The van der Waals surface area contributed by atoms with E-state index in [-0.39, 0.29) is 0 Å². The van der Waals surface area contributed by atoms with Gasteiger partial charge in [-0.1, -0.05) is 105 Å². The van der Waals surface area contributed by atoms with Gasteiger partial charge in [-0.2, -0.15) is 0 Å². The fraction of sp³-hybridized carbons (Fsp3) is 0.333. The van der Waals surface area contributed by atoms with E-state index in [2.05, 4.69) is 16.5 Å². The Balaban J connectivity index is 1.85. The van der Waals surface area contributed by atoms with E-state index in [0.29, 0.717) is 23.6 Å². The summed E-state index contributed by atoms with van der Waals surface area (Å²) in [7, 11) is 0. The van der Waals surface area contributed by atoms with Crippen molar-refractivity contribution in [2.24, 2.45) is 0 Å². The maximum atomic E-state index is 12.0. The van der Waals surface area contributed by atoms with Crippen LogP contribution in [-0.4, -0.2) is 26.4 Å². The highest BCUT2D eigenvalue weighted by molar-refractivity contribution is 7.99. The van der Waals surface area contributed by atoms with Gasteiger partial charge in [0, 0.05) is 22.8 Å². The number of aromatic nitrogens is 2. The van der Waals surface area contributed by atoms with E-state index < -0.39 is 5.97 Å². The summed E-state index contributed by atoms with van der Waals surface area (Å²) in [4.78, 5) is 16.7. The van der Waals surface area contributed by atoms with Crippen LogP contribution in [0.5, 0.6) is 0 Å². The van der Waals surface area contributed by atoms with Gasteiger partial charge in [-0.25, -0.2) is 9.78 Å². The lowest BCUT2D eigenvalue weighted by Crippen LogP contribution is -2.08. The maximum absolute atomic E-state index is 12.0. The van der Waals surface area contributed by atoms with Crippen molar-refractivity contribution in [1.29, 1.82) is 0 Å². The van der Waals surface area contributed by atoms with Crippen molar-refractivity contribution in [2.45, 2.75) is 57.1 Å². The van der Waals surface area contributed by atoms with E-state index in [9.17, 15) is 9.90 Å². The van der Waals surface area contributed by atoms with Crippen molar-refractivity contribution < 1.29 is 9.90 Å². The van der Waals surface area contributed by atoms with Crippen LogP contribution in [0.4, 0.5) is 0 Å². The average molecular weight is 483 g/mol. The van der Waals surface area contributed by atoms with Gasteiger partial charge in [0.2, 0.25) is 0 Å². The Bertz CT molecular complexity index is 1060. The number of hydrogen-bond acceptors (Lipinski definition) is 3. The van der Waals surface area contributed by atoms with E-state index in [4.69, 9.17) is 11.6 Å². The first-order chi connectivity index (χ1) is 16.1. The normalized spacial score (nSPS) is 11.6. The Morgan fingerprint density at radius 3 is 2.52 bits per heavy atom. The van der Waals surface area contributed by atoms with Gasteiger partial charge in [0.1, 0.15) is 0 Å². The highest BCUT2D eigenvalue weighted by Gasteiger charge is 2.15. The molecule has 1 heterocycles. The minimum atomic E-state index is -0.922. The molecule has 0 amide bonds. The third-order valence-electron chi connectivity index (χ3n) is 5.45. The molecule has 1 aromatic heterocycles. The van der Waals surface area contributed by atoms with Crippen molar-refractivity contribution in [1.82, 2.24) is 9.55 Å². The number of carboxylic acid groups (broad SMARTS) is 1. The van der Waals surface area contributed by atoms with Crippen LogP contribution in [0.25, 0.3) is 6.08 Å². The Hall–Kier alpha value is -2.50. The van der Waals surface area contributed by atoms with Gasteiger partial charge in [-0.15, -0.1) is 0 Å². The number of unbranched alkanes of at least 4 members (excludes halogenated alkanes) is 4. The van der Waals surface area contributed by atoms with Gasteiger partial charge in [-0.3, -0.25) is 0 Å². The van der Waals surface area contributed by atoms with Crippen LogP contribution < -0.4 is 0 Å². The maximum Gasteiger partial charge on any atom is 0.331 e. The molecule has 33 heavy (non-hydrogen) atoms. The molecule has 0 aliphatic heterocycles. The van der Waals surface area contributed by atoms with Gasteiger partial charge in [0.05, 0.1) is 18.4 Å². The van der Waals surface area contributed by atoms with Gasteiger partial charge in [-0.05, 0) is 29.7 Å². The summed E-state index contributed by atoms with van der Waals surface area (Å²) in [6.07, 6.45) is 10.0. The number of carboxylic acids is 1. The minimum Gasteiger partial charge on any atom is -0.478 e. The molecule has 0 spiro atoms. The molecule has 174 valence electrons. The number of carbonyl (C=O) groups is 1. The molecular formula is C27H31ClN2O2S. The molecule has 0 saturated heterocycles. The van der Waals surface area contributed by atoms with Crippen molar-refractivity contribution in [2.75, 3.05) is 5.75 Å². The minimum absolute atomic E-state index is 0.331. The van der Waals surface area contributed by atoms with Crippen LogP contribution in [0.1, 0.15) is 55.8 Å². The molecule has 2 aromatic carbocycles. The summed E-state index contributed by atoms with van der Waals surface area (Å²) < 4.78 is 2.08. The Labute approximate surface area is 205 Å². The number of aliphatic carboxylic acids is 1. The predicted molar refractivity (Wildman–Crippen MR) is 138 cm³/mol. The molecular weight excluding hydrogens is 452 g/mol. The summed E-state index contributed by atoms with van der Waals surface area (Å²) in [6.45, 7) is 2.76. The van der Waals surface area contributed by atoms with E-state index in [1.165, 1.54) is 25.7 Å². The summed E-state index contributed by atoms with van der Waals surface area (Å²) in [5.41, 5.74) is 3.05. The van der Waals surface area contributed by atoms with E-state index in [0.717, 1.165) is 34.2 Å². The Kier molecular flexibility index (Phi) is 10.1. The first-order valence-electron chi connectivity index (χ1n) is 11.5. The fourth-order valence-electron chi connectivity index (χ4n) is 3.61. The summed E-state index contributed by atoms with van der Waals surface area (Å²) in [5.74, 6) is 0.0665. The highest BCUT2D eigenvalue weighted by atomic mass is 35.5. The standard InChI is InChI=1S/C27H31ClN2O2S/c1-2-3-4-5-11-16-33-27-29-19-24(30(27)20-22-14-9-10-15-25(22)28)18-23(26(31)32)17-21-12-7-6-8-13-21/h6-10,12-15,18-19H,2-5,11,16-17,20H2,1H3,(H,31,32)/b23-18+. The smallest absolute Gasteiger partial charge is 0.331 e. The molecule has 0 saturated carbocycles. The van der Waals surface area contributed by atoms with Crippen molar-refractivity contribution in [3.05, 3.63) is 88.2 Å². The molecule has 0 bridgehead atoms. The number of rotatable bonds is 13. The molecule has 0 radical (unpaired) electrons. The monoisotopic (exact) mass is 482 g/mol.